The first-order valence-electron chi connectivity index (χ1n) is 36.5. The Bertz CT molecular complexity index is 5570. The average molecular weight is 1560 g/mol. The van der Waals surface area contributed by atoms with Crippen LogP contribution in [0.3, 0.4) is 0 Å². The van der Waals surface area contributed by atoms with Gasteiger partial charge >= 0.3 is 23.9 Å². The molecule has 0 saturated heterocycles. The minimum absolute atomic E-state index is 0.194. The van der Waals surface area contributed by atoms with E-state index >= 15 is 0 Å². The van der Waals surface area contributed by atoms with Gasteiger partial charge in [0.1, 0.15) is 25.7 Å². The van der Waals surface area contributed by atoms with Crippen molar-refractivity contribution in [3.05, 3.63) is 239 Å². The summed E-state index contributed by atoms with van der Waals surface area (Å²) in [6, 6.07) is 60.8. The van der Waals surface area contributed by atoms with Gasteiger partial charge in [0.05, 0.1) is 34.7 Å². The molecule has 0 radical (unpaired) electrons. The molecule has 2 aliphatic heterocycles. The molecule has 8 aromatic carbocycles. The van der Waals surface area contributed by atoms with Gasteiger partial charge in [0, 0.05) is 115 Å². The predicted octanol–water partition coefficient (Wildman–Crippen LogP) is 18.4. The molecule has 574 valence electrons. The summed E-state index contributed by atoms with van der Waals surface area (Å²) in [6.45, 7) is 4.09. The first kappa shape index (κ1) is 78.8. The number of thioether (sulfide) groups is 2. The average Bonchev–Trinajstić information content (AvgIpc) is 1.58. The summed E-state index contributed by atoms with van der Waals surface area (Å²) >= 11 is 3.17. The number of aliphatic carboxylic acids is 4. The monoisotopic (exact) mass is 1560 g/mol. The fraction of sp³-hybridized carbons (Fsp3) is 0.156. The molecule has 4 amide bonds. The molecule has 0 unspecified atom stereocenters. The second kappa shape index (κ2) is 35.8. The number of aryl methyl sites for hydroxylation is 2. The molecule has 10 N–H and O–H groups in total. The lowest BCUT2D eigenvalue weighted by atomic mass is 9.95. The molecule has 5 heterocycles. The van der Waals surface area contributed by atoms with E-state index in [9.17, 15) is 58.8 Å². The Morgan fingerprint density at radius 2 is 0.579 bits per heavy atom. The van der Waals surface area contributed by atoms with E-state index in [1.54, 1.807) is 86.3 Å². The van der Waals surface area contributed by atoms with Crippen LogP contribution in [-0.4, -0.2) is 114 Å². The second-order valence-corrected chi connectivity index (χ2v) is 28.9. The predicted molar refractivity (Wildman–Crippen MR) is 451 cm³/mol. The smallest absolute Gasteiger partial charge is 0.312 e. The number of rotatable bonds is 30. The molecular weight excluding hydrogens is 1480 g/mol. The van der Waals surface area contributed by atoms with Crippen LogP contribution in [0, 0.1) is 0 Å². The largest absolute Gasteiger partial charge is 0.481 e. The quantitative estimate of drug-likeness (QED) is 0.0114. The number of amides is 4. The van der Waals surface area contributed by atoms with Gasteiger partial charge in [-0.3, -0.25) is 38.4 Å². The van der Waals surface area contributed by atoms with Gasteiger partial charge in [-0.15, -0.1) is 23.5 Å². The van der Waals surface area contributed by atoms with Gasteiger partial charge in [-0.1, -0.05) is 135 Å². The molecule has 0 atom stereocenters. The maximum Gasteiger partial charge on any atom is 0.312 e. The van der Waals surface area contributed by atoms with E-state index in [0.29, 0.717) is 136 Å². The van der Waals surface area contributed by atoms with Crippen LogP contribution in [0.25, 0.3) is 135 Å². The van der Waals surface area contributed by atoms with E-state index in [1.165, 1.54) is 0 Å². The molecule has 11 aromatic rings. The number of ether oxygens (including phenoxy) is 2. The summed E-state index contributed by atoms with van der Waals surface area (Å²) in [5, 5.41) is 51.9. The van der Waals surface area contributed by atoms with E-state index in [-0.39, 0.29) is 34.1 Å². The maximum absolute atomic E-state index is 14.1. The van der Waals surface area contributed by atoms with Crippen molar-refractivity contribution >= 4 is 140 Å². The SMILES string of the molecule is CCc1cccc(-c2ccc(NC(=O)CC(=O)O)c(-c3c4nc(c(-c5cc(-c6cccc(CSCOC)c6)ccc5NC(=O)CC(=O)O)c5ccc([nH]5)c(-c5cc(-c6cccc(CSCOC)c6)ccc5NC(=O)CC(=O)O)c5nc(c(-c6cc(-c7cccc(CC)c7)ccc6NC(=O)CC(=O)O)c6ccc3[nH]6)C=C5)C=C4)c2)c1. The van der Waals surface area contributed by atoms with E-state index in [4.69, 9.17) is 19.4 Å². The Morgan fingerprint density at radius 1 is 0.333 bits per heavy atom. The van der Waals surface area contributed by atoms with Crippen LogP contribution in [0.5, 0.6) is 0 Å². The molecule has 3 aromatic heterocycles. The molecule has 0 spiro atoms. The summed E-state index contributed by atoms with van der Waals surface area (Å²) in [5.74, 6) is -6.68. The van der Waals surface area contributed by atoms with Crippen molar-refractivity contribution < 1.29 is 68.3 Å². The Morgan fingerprint density at radius 3 is 0.825 bits per heavy atom. The third-order valence-electron chi connectivity index (χ3n) is 19.1. The zero-order valence-corrected chi connectivity index (χ0v) is 64.1. The third-order valence-corrected chi connectivity index (χ3v) is 20.9. The number of hydrogen-bond donors (Lipinski definition) is 10. The van der Waals surface area contributed by atoms with Gasteiger partial charge in [0.25, 0.3) is 0 Å². The number of carbonyl (C=O) groups is 8. The van der Waals surface area contributed by atoms with Crippen molar-refractivity contribution in [2.45, 2.75) is 63.9 Å². The number of methoxy groups -OCH3 is 2. The van der Waals surface area contributed by atoms with E-state index in [2.05, 4.69) is 43.4 Å². The molecule has 114 heavy (non-hydrogen) atoms. The fourth-order valence-corrected chi connectivity index (χ4v) is 15.3. The molecule has 2 aliphatic rings. The molecule has 8 bridgehead atoms. The first-order valence-corrected chi connectivity index (χ1v) is 38.8. The van der Waals surface area contributed by atoms with Crippen molar-refractivity contribution in [1.82, 2.24) is 19.9 Å². The maximum atomic E-state index is 14.1. The number of benzene rings is 8. The number of fused-ring (bicyclic) bond motifs is 8. The number of anilines is 4. The highest BCUT2D eigenvalue weighted by atomic mass is 32.2. The van der Waals surface area contributed by atoms with Crippen molar-refractivity contribution in [3.63, 3.8) is 0 Å². The highest BCUT2D eigenvalue weighted by molar-refractivity contribution is 7.98. The van der Waals surface area contributed by atoms with Crippen LogP contribution in [-0.2, 0) is 72.2 Å². The zero-order valence-electron chi connectivity index (χ0n) is 62.4. The van der Waals surface area contributed by atoms with Crippen molar-refractivity contribution in [2.24, 2.45) is 0 Å². The number of aromatic amines is 2. The lowest BCUT2D eigenvalue weighted by Crippen LogP contribution is -2.16. The Hall–Kier alpha value is -13.3. The molecule has 13 rings (SSSR count). The van der Waals surface area contributed by atoms with Crippen LogP contribution in [0.4, 0.5) is 22.7 Å². The summed E-state index contributed by atoms with van der Waals surface area (Å²) in [6.07, 6.45) is 5.02. The van der Waals surface area contributed by atoms with Crippen molar-refractivity contribution in [3.8, 4) is 89.0 Å². The summed E-state index contributed by atoms with van der Waals surface area (Å²) in [5.41, 5.74) is 16.5. The van der Waals surface area contributed by atoms with Gasteiger partial charge < -0.3 is 61.1 Å². The van der Waals surface area contributed by atoms with Crippen LogP contribution >= 0.6 is 23.5 Å². The van der Waals surface area contributed by atoms with Crippen LogP contribution in [0.1, 0.15) is 84.6 Å². The molecule has 0 saturated carbocycles. The van der Waals surface area contributed by atoms with Crippen molar-refractivity contribution in [1.29, 1.82) is 0 Å². The fourth-order valence-electron chi connectivity index (χ4n) is 13.9. The number of nitrogens with one attached hydrogen (secondary N) is 6. The number of H-pyrrole nitrogens is 2. The topological polar surface area (TPSA) is 341 Å². The van der Waals surface area contributed by atoms with Crippen LogP contribution in [0.15, 0.2) is 194 Å². The summed E-state index contributed by atoms with van der Waals surface area (Å²) in [4.78, 5) is 125. The molecular formula is C90H78N8O14S2. The van der Waals surface area contributed by atoms with Gasteiger partial charge in [0.2, 0.25) is 23.6 Å². The minimum atomic E-state index is -1.37. The molecule has 22 nitrogen and oxygen atoms in total. The lowest BCUT2D eigenvalue weighted by Gasteiger charge is -2.16. The first-order chi connectivity index (χ1) is 55.2. The Labute approximate surface area is 663 Å². The standard InChI is InChI=1S/C90H78N8O14S2/c1-5-51-11-7-15-55(35-51)59-19-23-67(95-79(99)43-83(103)104)63(39-59)87-71-27-28-72(91-71)88(64-40-60(56-16-8-12-52(6-2)36-56)20-24-68(64)96-80(100)44-84(105)106)74-30-32-76(93-74)90(66-42-62(22-26-70(66)98-82(102)46-86(109)110)58-18-10-14-54(38-58)48-114-50-112-4)78-34-33-77(94-78)89(75-31-29-73(87)92-75)65-41-61(21-25-69(65)97-81(101)45-85(107)108)57-17-9-13-53(37-57)47-113-49-111-3/h7-42,91,94H,5-6,43-50H2,1-4H3,(H,95,99)(H,96,100)(H,97,101)(H,98,102)(H,103,104)(H,105,106)(H,107,108)(H,109,110). The van der Waals surface area contributed by atoms with E-state index in [0.717, 1.165) is 44.5 Å². The van der Waals surface area contributed by atoms with E-state index in [1.807, 2.05) is 172 Å². The summed E-state index contributed by atoms with van der Waals surface area (Å²) in [7, 11) is 3.26. The number of nitrogens with zero attached hydrogens (tertiary/aromatic N) is 2. The number of aromatic nitrogens is 4. The second-order valence-electron chi connectivity index (χ2n) is 27.0. The Balaban J connectivity index is 1.23. The van der Waals surface area contributed by atoms with Gasteiger partial charge in [-0.2, -0.15) is 0 Å². The van der Waals surface area contributed by atoms with Crippen LogP contribution < -0.4 is 21.3 Å². The molecule has 0 fully saturated rings. The molecule has 0 aliphatic carbocycles. The lowest BCUT2D eigenvalue weighted by molar-refractivity contribution is -0.141. The number of carboxylic acids is 4. The number of carbonyl (C=O) groups excluding carboxylic acids is 4. The molecule has 24 heteroatoms. The van der Waals surface area contributed by atoms with Gasteiger partial charge in [-0.05, 0) is 177 Å². The number of carboxylic acid groups (broad SMARTS) is 4. The minimum Gasteiger partial charge on any atom is -0.481 e. The van der Waals surface area contributed by atoms with Gasteiger partial charge in [-0.25, -0.2) is 9.97 Å². The Kier molecular flexibility index (Phi) is 24.8. The van der Waals surface area contributed by atoms with Crippen LogP contribution in [0.2, 0.25) is 0 Å². The van der Waals surface area contributed by atoms with Gasteiger partial charge in [0.15, 0.2) is 0 Å². The highest BCUT2D eigenvalue weighted by Crippen LogP contribution is 2.47. The number of hydrogen-bond acceptors (Lipinski definition) is 14. The van der Waals surface area contributed by atoms with Crippen molar-refractivity contribution in [2.75, 3.05) is 47.4 Å². The third kappa shape index (κ3) is 18.7. The normalized spacial score (nSPS) is 11.5. The van der Waals surface area contributed by atoms with E-state index < -0.39 is 73.2 Å². The zero-order chi connectivity index (χ0) is 80.1. The summed E-state index contributed by atoms with van der Waals surface area (Å²) < 4.78 is 10.8. The highest BCUT2D eigenvalue weighted by Gasteiger charge is 2.27.